The molecule has 17 heavy (non-hydrogen) atoms. The molecule has 1 aliphatic rings. The Balaban J connectivity index is 2.28. The first-order chi connectivity index (χ1) is 8.15. The van der Waals surface area contributed by atoms with Crippen LogP contribution in [0.25, 0.3) is 0 Å². The van der Waals surface area contributed by atoms with Gasteiger partial charge in [0.2, 0.25) is 11.8 Å². The maximum Gasteiger partial charge on any atom is 0.239 e. The molecule has 0 aromatic rings. The molecule has 0 radical (unpaired) electrons. The minimum atomic E-state index is -0.337. The lowest BCUT2D eigenvalue weighted by Crippen LogP contribution is -2.50. The molecule has 6 nitrogen and oxygen atoms in total. The summed E-state index contributed by atoms with van der Waals surface area (Å²) in [6.45, 7) is 6.86. The van der Waals surface area contributed by atoms with Gasteiger partial charge in [0.1, 0.15) is 0 Å². The summed E-state index contributed by atoms with van der Waals surface area (Å²) in [5, 5.41) is 5.59. The topological polar surface area (TPSA) is 70.7 Å². The van der Waals surface area contributed by atoms with E-state index in [1.807, 2.05) is 6.92 Å². The van der Waals surface area contributed by atoms with Gasteiger partial charge in [0.05, 0.1) is 25.8 Å². The van der Waals surface area contributed by atoms with E-state index >= 15 is 0 Å². The van der Waals surface area contributed by atoms with Crippen molar-refractivity contribution in [1.29, 1.82) is 0 Å². The second kappa shape index (κ2) is 7.24. The van der Waals surface area contributed by atoms with Gasteiger partial charge in [0.15, 0.2) is 0 Å². The van der Waals surface area contributed by atoms with Gasteiger partial charge >= 0.3 is 0 Å². The minimum absolute atomic E-state index is 0.0256. The standard InChI is InChI=1S/C11H21N3O3/c1-3-12-10(15)8-13-9(2)11(16)14-4-6-17-7-5-14/h9,13H,3-8H2,1-2H3,(H,12,15). The highest BCUT2D eigenvalue weighted by atomic mass is 16.5. The third kappa shape index (κ3) is 4.70. The van der Waals surface area contributed by atoms with E-state index in [-0.39, 0.29) is 24.4 Å². The summed E-state index contributed by atoms with van der Waals surface area (Å²) in [6.07, 6.45) is 0. The van der Waals surface area contributed by atoms with Crippen LogP contribution >= 0.6 is 0 Å². The number of rotatable bonds is 5. The van der Waals surface area contributed by atoms with Crippen molar-refractivity contribution in [3.8, 4) is 0 Å². The van der Waals surface area contributed by atoms with E-state index in [9.17, 15) is 9.59 Å². The first-order valence-corrected chi connectivity index (χ1v) is 6.01. The van der Waals surface area contributed by atoms with E-state index in [1.54, 1.807) is 11.8 Å². The summed E-state index contributed by atoms with van der Waals surface area (Å²) >= 11 is 0. The van der Waals surface area contributed by atoms with E-state index in [2.05, 4.69) is 10.6 Å². The van der Waals surface area contributed by atoms with Crippen LogP contribution < -0.4 is 10.6 Å². The zero-order valence-electron chi connectivity index (χ0n) is 10.5. The molecule has 1 fully saturated rings. The molecule has 98 valence electrons. The fourth-order valence-corrected chi connectivity index (χ4v) is 1.65. The molecule has 1 rings (SSSR count). The molecule has 0 aromatic carbocycles. The Morgan fingerprint density at radius 3 is 2.59 bits per heavy atom. The number of morpholine rings is 1. The Labute approximate surface area is 102 Å². The van der Waals surface area contributed by atoms with Gasteiger partial charge in [-0.25, -0.2) is 0 Å². The van der Waals surface area contributed by atoms with Gasteiger partial charge in [-0.1, -0.05) is 0 Å². The van der Waals surface area contributed by atoms with Gasteiger partial charge in [-0.15, -0.1) is 0 Å². The van der Waals surface area contributed by atoms with Crippen molar-refractivity contribution in [3.63, 3.8) is 0 Å². The van der Waals surface area contributed by atoms with Crippen LogP contribution in [0.5, 0.6) is 0 Å². The Bertz CT molecular complexity index is 265. The second-order valence-electron chi connectivity index (χ2n) is 3.99. The van der Waals surface area contributed by atoms with Gasteiger partial charge in [-0.2, -0.15) is 0 Å². The Kier molecular flexibility index (Phi) is 5.93. The molecule has 0 spiro atoms. The SMILES string of the molecule is CCNC(=O)CNC(C)C(=O)N1CCOCC1. The van der Waals surface area contributed by atoms with Crippen LogP contribution in [-0.4, -0.2) is 62.1 Å². The molecule has 1 atom stereocenters. The molecule has 2 N–H and O–H groups in total. The van der Waals surface area contributed by atoms with Crippen LogP contribution in [0.3, 0.4) is 0 Å². The van der Waals surface area contributed by atoms with Crippen molar-refractivity contribution < 1.29 is 14.3 Å². The number of hydrogen-bond acceptors (Lipinski definition) is 4. The molecule has 1 saturated heterocycles. The summed E-state index contributed by atoms with van der Waals surface area (Å²) in [7, 11) is 0. The van der Waals surface area contributed by atoms with E-state index < -0.39 is 0 Å². The third-order valence-electron chi connectivity index (χ3n) is 2.64. The molecule has 6 heteroatoms. The van der Waals surface area contributed by atoms with Crippen molar-refractivity contribution >= 4 is 11.8 Å². The van der Waals surface area contributed by atoms with E-state index in [1.165, 1.54) is 0 Å². The number of amides is 2. The number of hydrogen-bond donors (Lipinski definition) is 2. The molecule has 0 aliphatic carbocycles. The summed E-state index contributed by atoms with van der Waals surface area (Å²) in [5.41, 5.74) is 0. The minimum Gasteiger partial charge on any atom is -0.378 e. The van der Waals surface area contributed by atoms with Crippen molar-refractivity contribution in [1.82, 2.24) is 15.5 Å². The molecule has 0 saturated carbocycles. The predicted octanol–water partition coefficient (Wildman–Crippen LogP) is -1.04. The van der Waals surface area contributed by atoms with Crippen molar-refractivity contribution in [2.24, 2.45) is 0 Å². The quantitative estimate of drug-likeness (QED) is 0.647. The van der Waals surface area contributed by atoms with Gasteiger partial charge in [0.25, 0.3) is 0 Å². The van der Waals surface area contributed by atoms with Crippen molar-refractivity contribution in [2.75, 3.05) is 39.4 Å². The molecule has 1 heterocycles. The summed E-state index contributed by atoms with van der Waals surface area (Å²) in [6, 6.07) is -0.337. The summed E-state index contributed by atoms with van der Waals surface area (Å²) < 4.78 is 5.18. The number of likely N-dealkylation sites (N-methyl/N-ethyl adjacent to an activating group) is 1. The summed E-state index contributed by atoms with van der Waals surface area (Å²) in [5.74, 6) is -0.0632. The summed E-state index contributed by atoms with van der Waals surface area (Å²) in [4.78, 5) is 24.9. The van der Waals surface area contributed by atoms with Crippen molar-refractivity contribution in [2.45, 2.75) is 19.9 Å². The molecule has 0 bridgehead atoms. The zero-order chi connectivity index (χ0) is 12.7. The highest BCUT2D eigenvalue weighted by Gasteiger charge is 2.22. The van der Waals surface area contributed by atoms with Crippen molar-refractivity contribution in [3.05, 3.63) is 0 Å². The fourth-order valence-electron chi connectivity index (χ4n) is 1.65. The van der Waals surface area contributed by atoms with Crippen LogP contribution in [0.1, 0.15) is 13.8 Å². The maximum absolute atomic E-state index is 11.9. The van der Waals surface area contributed by atoms with Gasteiger partial charge in [-0.3, -0.25) is 14.9 Å². The van der Waals surface area contributed by atoms with Crippen LogP contribution in [0.4, 0.5) is 0 Å². The van der Waals surface area contributed by atoms with E-state index in [0.717, 1.165) is 0 Å². The van der Waals surface area contributed by atoms with Gasteiger partial charge in [0, 0.05) is 19.6 Å². The number of ether oxygens (including phenoxy) is 1. The Morgan fingerprint density at radius 2 is 2.00 bits per heavy atom. The molecule has 2 amide bonds. The van der Waals surface area contributed by atoms with Crippen LogP contribution in [0.2, 0.25) is 0 Å². The number of nitrogens with zero attached hydrogens (tertiary/aromatic N) is 1. The lowest BCUT2D eigenvalue weighted by molar-refractivity contribution is -0.137. The first-order valence-electron chi connectivity index (χ1n) is 6.01. The Hall–Kier alpha value is -1.14. The number of carbonyl (C=O) groups excluding carboxylic acids is 2. The average Bonchev–Trinajstić information content (AvgIpc) is 2.36. The molecule has 1 unspecified atom stereocenters. The Morgan fingerprint density at radius 1 is 1.35 bits per heavy atom. The highest BCUT2D eigenvalue weighted by Crippen LogP contribution is 2.00. The molecular formula is C11H21N3O3. The monoisotopic (exact) mass is 243 g/mol. The van der Waals surface area contributed by atoms with E-state index in [0.29, 0.717) is 32.8 Å². The largest absolute Gasteiger partial charge is 0.378 e. The first kappa shape index (κ1) is 13.9. The van der Waals surface area contributed by atoms with Gasteiger partial charge in [-0.05, 0) is 13.8 Å². The predicted molar refractivity (Wildman–Crippen MR) is 63.5 cm³/mol. The van der Waals surface area contributed by atoms with Crippen LogP contribution in [0.15, 0.2) is 0 Å². The van der Waals surface area contributed by atoms with Crippen LogP contribution in [0, 0.1) is 0 Å². The number of nitrogens with one attached hydrogen (secondary N) is 2. The fraction of sp³-hybridized carbons (Fsp3) is 0.818. The zero-order valence-corrected chi connectivity index (χ0v) is 10.5. The molecule has 0 aromatic heterocycles. The highest BCUT2D eigenvalue weighted by molar-refractivity contribution is 5.83. The van der Waals surface area contributed by atoms with E-state index in [4.69, 9.17) is 4.74 Å². The lowest BCUT2D eigenvalue weighted by Gasteiger charge is -2.29. The van der Waals surface area contributed by atoms with Gasteiger partial charge < -0.3 is 15.0 Å². The van der Waals surface area contributed by atoms with Crippen LogP contribution in [-0.2, 0) is 14.3 Å². The molecule has 1 aliphatic heterocycles. The second-order valence-corrected chi connectivity index (χ2v) is 3.99. The average molecular weight is 243 g/mol. The number of carbonyl (C=O) groups is 2. The smallest absolute Gasteiger partial charge is 0.239 e. The maximum atomic E-state index is 11.9. The normalized spacial score (nSPS) is 17.6. The third-order valence-corrected chi connectivity index (χ3v) is 2.64. The lowest BCUT2D eigenvalue weighted by atomic mass is 10.2. The molecular weight excluding hydrogens is 222 g/mol.